The molecule has 9 heteroatoms. The summed E-state index contributed by atoms with van der Waals surface area (Å²) in [5, 5.41) is 10.3. The molecule has 3 aromatic rings. The standard InChI is InChI=1S/C19H20N4O4S/c1-12-5-10-16(13(2)11-12)17(24)20-19-22-21-18(27-19)14-6-8-15(9-7-14)28(25,26)23(3)4/h5-11H,1-4H3,(H,20,22,24). The first kappa shape index (κ1) is 19.7. The normalized spacial score (nSPS) is 11.6. The van der Waals surface area contributed by atoms with E-state index in [-0.39, 0.29) is 22.7 Å². The molecule has 3 rings (SSSR count). The summed E-state index contributed by atoms with van der Waals surface area (Å²) < 4.78 is 30.8. The molecule has 0 saturated carbocycles. The Kier molecular flexibility index (Phi) is 5.30. The summed E-state index contributed by atoms with van der Waals surface area (Å²) in [7, 11) is -0.586. The van der Waals surface area contributed by atoms with Crippen LogP contribution in [-0.2, 0) is 10.0 Å². The van der Waals surface area contributed by atoms with Crippen molar-refractivity contribution in [3.8, 4) is 11.5 Å². The van der Waals surface area contributed by atoms with Crippen LogP contribution in [0.5, 0.6) is 0 Å². The number of nitrogens with zero attached hydrogens (tertiary/aromatic N) is 3. The van der Waals surface area contributed by atoms with Gasteiger partial charge in [-0.1, -0.05) is 22.8 Å². The van der Waals surface area contributed by atoms with Crippen LogP contribution in [-0.4, -0.2) is 42.9 Å². The van der Waals surface area contributed by atoms with Crippen LogP contribution in [0.1, 0.15) is 21.5 Å². The lowest BCUT2D eigenvalue weighted by Crippen LogP contribution is -2.22. The van der Waals surface area contributed by atoms with E-state index >= 15 is 0 Å². The number of aromatic nitrogens is 2. The van der Waals surface area contributed by atoms with E-state index in [1.165, 1.54) is 26.2 Å². The molecule has 0 aliphatic heterocycles. The van der Waals surface area contributed by atoms with Crippen molar-refractivity contribution in [2.24, 2.45) is 0 Å². The van der Waals surface area contributed by atoms with Crippen LogP contribution < -0.4 is 5.32 Å². The summed E-state index contributed by atoms with van der Waals surface area (Å²) in [6, 6.07) is 11.5. The maximum atomic E-state index is 12.4. The van der Waals surface area contributed by atoms with E-state index in [0.717, 1.165) is 15.4 Å². The van der Waals surface area contributed by atoms with Crippen molar-refractivity contribution in [1.29, 1.82) is 0 Å². The average molecular weight is 400 g/mol. The molecule has 1 heterocycles. The highest BCUT2D eigenvalue weighted by molar-refractivity contribution is 7.89. The second kappa shape index (κ2) is 7.53. The smallest absolute Gasteiger partial charge is 0.322 e. The highest BCUT2D eigenvalue weighted by Crippen LogP contribution is 2.23. The molecule has 0 fully saturated rings. The predicted octanol–water partition coefficient (Wildman–Crippen LogP) is 2.86. The number of anilines is 1. The first-order valence-electron chi connectivity index (χ1n) is 8.43. The maximum Gasteiger partial charge on any atom is 0.322 e. The van der Waals surface area contributed by atoms with Crippen molar-refractivity contribution in [2.75, 3.05) is 19.4 Å². The molecule has 0 atom stereocenters. The topological polar surface area (TPSA) is 105 Å². The summed E-state index contributed by atoms with van der Waals surface area (Å²) >= 11 is 0. The number of hydrogen-bond donors (Lipinski definition) is 1. The third-order valence-electron chi connectivity index (χ3n) is 4.15. The average Bonchev–Trinajstić information content (AvgIpc) is 3.10. The molecule has 1 aromatic heterocycles. The zero-order valence-electron chi connectivity index (χ0n) is 15.9. The van der Waals surface area contributed by atoms with Crippen molar-refractivity contribution in [3.63, 3.8) is 0 Å². The number of amides is 1. The molecule has 0 radical (unpaired) electrons. The Bertz CT molecular complexity index is 1120. The summed E-state index contributed by atoms with van der Waals surface area (Å²) in [6.45, 7) is 3.80. The van der Waals surface area contributed by atoms with Gasteiger partial charge >= 0.3 is 6.01 Å². The van der Waals surface area contributed by atoms with Gasteiger partial charge in [-0.25, -0.2) is 12.7 Å². The van der Waals surface area contributed by atoms with Crippen LogP contribution in [0, 0.1) is 13.8 Å². The Morgan fingerprint density at radius 1 is 1.04 bits per heavy atom. The molecule has 146 valence electrons. The Morgan fingerprint density at radius 3 is 2.32 bits per heavy atom. The first-order valence-corrected chi connectivity index (χ1v) is 9.87. The lowest BCUT2D eigenvalue weighted by Gasteiger charge is -2.11. The minimum atomic E-state index is -3.51. The van der Waals surface area contributed by atoms with Gasteiger partial charge in [-0.2, -0.15) is 0 Å². The van der Waals surface area contributed by atoms with Gasteiger partial charge in [-0.15, -0.1) is 5.10 Å². The Balaban J connectivity index is 1.78. The molecule has 1 amide bonds. The van der Waals surface area contributed by atoms with E-state index in [1.807, 2.05) is 26.0 Å². The molecule has 0 unspecified atom stereocenters. The van der Waals surface area contributed by atoms with Gasteiger partial charge in [0, 0.05) is 25.2 Å². The zero-order valence-corrected chi connectivity index (χ0v) is 16.7. The number of carbonyl (C=O) groups is 1. The molecular formula is C19H20N4O4S. The van der Waals surface area contributed by atoms with Crippen molar-refractivity contribution in [1.82, 2.24) is 14.5 Å². The van der Waals surface area contributed by atoms with E-state index in [4.69, 9.17) is 4.42 Å². The molecule has 2 aromatic carbocycles. The Morgan fingerprint density at radius 2 is 1.71 bits per heavy atom. The predicted molar refractivity (Wildman–Crippen MR) is 104 cm³/mol. The molecule has 0 aliphatic rings. The van der Waals surface area contributed by atoms with Crippen LogP contribution >= 0.6 is 0 Å². The van der Waals surface area contributed by atoms with Crippen LogP contribution in [0.15, 0.2) is 51.8 Å². The van der Waals surface area contributed by atoms with Gasteiger partial charge in [0.15, 0.2) is 0 Å². The number of rotatable bonds is 5. The summed E-state index contributed by atoms with van der Waals surface area (Å²) in [6.07, 6.45) is 0. The largest absolute Gasteiger partial charge is 0.403 e. The van der Waals surface area contributed by atoms with Crippen molar-refractivity contribution in [3.05, 3.63) is 59.2 Å². The van der Waals surface area contributed by atoms with Gasteiger partial charge in [0.05, 0.1) is 4.90 Å². The fourth-order valence-corrected chi connectivity index (χ4v) is 3.51. The highest BCUT2D eigenvalue weighted by atomic mass is 32.2. The molecular weight excluding hydrogens is 380 g/mol. The minimum absolute atomic E-state index is 0.0371. The molecule has 0 bridgehead atoms. The van der Waals surface area contributed by atoms with E-state index in [0.29, 0.717) is 11.1 Å². The number of hydrogen-bond acceptors (Lipinski definition) is 6. The number of aryl methyl sites for hydroxylation is 2. The summed E-state index contributed by atoms with van der Waals surface area (Å²) in [5.74, 6) is -0.176. The SMILES string of the molecule is Cc1ccc(C(=O)Nc2nnc(-c3ccc(S(=O)(=O)N(C)C)cc3)o2)c(C)c1. The maximum absolute atomic E-state index is 12.4. The number of benzene rings is 2. The van der Waals surface area contributed by atoms with E-state index < -0.39 is 10.0 Å². The minimum Gasteiger partial charge on any atom is -0.403 e. The monoisotopic (exact) mass is 400 g/mol. The lowest BCUT2D eigenvalue weighted by atomic mass is 10.1. The fourth-order valence-electron chi connectivity index (χ4n) is 2.60. The summed E-state index contributed by atoms with van der Waals surface area (Å²) in [4.78, 5) is 12.6. The van der Waals surface area contributed by atoms with Gasteiger partial charge < -0.3 is 4.42 Å². The van der Waals surface area contributed by atoms with E-state index in [9.17, 15) is 13.2 Å². The van der Waals surface area contributed by atoms with Crippen LogP contribution in [0.2, 0.25) is 0 Å². The first-order chi connectivity index (χ1) is 13.2. The second-order valence-electron chi connectivity index (χ2n) is 6.50. The Labute approximate surface area is 163 Å². The van der Waals surface area contributed by atoms with Gasteiger partial charge in [0.2, 0.25) is 15.9 Å². The highest BCUT2D eigenvalue weighted by Gasteiger charge is 2.18. The third-order valence-corrected chi connectivity index (χ3v) is 5.98. The summed E-state index contributed by atoms with van der Waals surface area (Å²) in [5.41, 5.74) is 2.96. The van der Waals surface area contributed by atoms with Crippen molar-refractivity contribution in [2.45, 2.75) is 18.7 Å². The molecule has 28 heavy (non-hydrogen) atoms. The van der Waals surface area contributed by atoms with Gasteiger partial charge in [-0.3, -0.25) is 10.1 Å². The quantitative estimate of drug-likeness (QED) is 0.706. The van der Waals surface area contributed by atoms with Gasteiger partial charge in [-0.05, 0) is 49.7 Å². The van der Waals surface area contributed by atoms with Crippen molar-refractivity contribution < 1.29 is 17.6 Å². The molecule has 0 spiro atoms. The number of nitrogens with one attached hydrogen (secondary N) is 1. The van der Waals surface area contributed by atoms with Gasteiger partial charge in [0.1, 0.15) is 0 Å². The molecule has 0 aliphatic carbocycles. The number of sulfonamides is 1. The number of carbonyl (C=O) groups excluding carboxylic acids is 1. The van der Waals surface area contributed by atoms with Crippen molar-refractivity contribution >= 4 is 21.9 Å². The van der Waals surface area contributed by atoms with E-state index in [1.54, 1.807) is 18.2 Å². The van der Waals surface area contributed by atoms with Gasteiger partial charge in [0.25, 0.3) is 5.91 Å². The van der Waals surface area contributed by atoms with Crippen LogP contribution in [0.4, 0.5) is 6.01 Å². The molecule has 8 nitrogen and oxygen atoms in total. The fraction of sp³-hybridized carbons (Fsp3) is 0.211. The zero-order chi connectivity index (χ0) is 20.5. The van der Waals surface area contributed by atoms with Crippen LogP contribution in [0.25, 0.3) is 11.5 Å². The molecule has 1 N–H and O–H groups in total. The van der Waals surface area contributed by atoms with Crippen LogP contribution in [0.3, 0.4) is 0 Å². The second-order valence-corrected chi connectivity index (χ2v) is 8.65. The van der Waals surface area contributed by atoms with E-state index in [2.05, 4.69) is 15.5 Å². The third kappa shape index (κ3) is 3.95. The lowest BCUT2D eigenvalue weighted by molar-refractivity contribution is 0.102. The molecule has 0 saturated heterocycles. The Hall–Kier alpha value is -3.04.